The molecule has 2 heterocycles. The SMILES string of the molecule is CC(=O)N1CCCc2cc(S(=O)(=O)NC3(c4noc(C)n4)CCCCCC3)ccc21. The minimum atomic E-state index is -3.82. The van der Waals surface area contributed by atoms with Crippen LogP contribution in [0.15, 0.2) is 27.6 Å². The summed E-state index contributed by atoms with van der Waals surface area (Å²) in [6.45, 7) is 3.90. The molecular formula is C21H28N4O4S. The summed E-state index contributed by atoms with van der Waals surface area (Å²) in [6.07, 6.45) is 6.73. The van der Waals surface area contributed by atoms with Gasteiger partial charge in [0.1, 0.15) is 0 Å². The van der Waals surface area contributed by atoms with Gasteiger partial charge in [0.25, 0.3) is 0 Å². The predicted molar refractivity (Wildman–Crippen MR) is 112 cm³/mol. The lowest BCUT2D eigenvalue weighted by atomic mass is 9.91. The van der Waals surface area contributed by atoms with E-state index in [0.717, 1.165) is 49.8 Å². The van der Waals surface area contributed by atoms with Crippen molar-refractivity contribution in [3.05, 3.63) is 35.5 Å². The molecule has 1 amide bonds. The second-order valence-corrected chi connectivity index (χ2v) is 9.99. The topological polar surface area (TPSA) is 105 Å². The quantitative estimate of drug-likeness (QED) is 0.744. The second kappa shape index (κ2) is 8.11. The number of carbonyl (C=O) groups is 1. The number of sulfonamides is 1. The normalized spacial score (nSPS) is 19.2. The number of anilines is 1. The summed E-state index contributed by atoms with van der Waals surface area (Å²) >= 11 is 0. The van der Waals surface area contributed by atoms with Gasteiger partial charge >= 0.3 is 0 Å². The molecule has 2 aromatic rings. The van der Waals surface area contributed by atoms with Gasteiger partial charge in [-0.05, 0) is 49.4 Å². The lowest BCUT2D eigenvalue weighted by Gasteiger charge is -2.31. The number of benzene rings is 1. The molecule has 162 valence electrons. The number of amides is 1. The molecule has 1 aromatic carbocycles. The van der Waals surface area contributed by atoms with Crippen molar-refractivity contribution in [1.82, 2.24) is 14.9 Å². The molecule has 0 spiro atoms. The zero-order valence-corrected chi connectivity index (χ0v) is 18.3. The Morgan fingerprint density at radius 3 is 2.53 bits per heavy atom. The molecule has 2 aliphatic rings. The van der Waals surface area contributed by atoms with Gasteiger partial charge in [-0.1, -0.05) is 30.8 Å². The van der Waals surface area contributed by atoms with Gasteiger partial charge in [0.05, 0.1) is 10.4 Å². The van der Waals surface area contributed by atoms with Gasteiger partial charge in [0.15, 0.2) is 5.82 Å². The van der Waals surface area contributed by atoms with Crippen LogP contribution in [0.5, 0.6) is 0 Å². The van der Waals surface area contributed by atoms with Crippen LogP contribution in [0.2, 0.25) is 0 Å². The number of aromatic nitrogens is 2. The van der Waals surface area contributed by atoms with E-state index < -0.39 is 15.6 Å². The summed E-state index contributed by atoms with van der Waals surface area (Å²) in [6, 6.07) is 5.01. The standard InChI is InChI=1S/C21H28N4O4S/c1-15-22-20(23-29-15)21(11-5-3-4-6-12-21)24-30(27,28)18-9-10-19-17(14-18)8-7-13-25(19)16(2)26/h9-10,14,24H,3-8,11-13H2,1-2H3. The largest absolute Gasteiger partial charge is 0.340 e. The highest BCUT2D eigenvalue weighted by molar-refractivity contribution is 7.89. The maximum atomic E-state index is 13.4. The van der Waals surface area contributed by atoms with Crippen LogP contribution in [0.1, 0.15) is 69.1 Å². The smallest absolute Gasteiger partial charge is 0.241 e. The van der Waals surface area contributed by atoms with E-state index in [2.05, 4.69) is 14.9 Å². The Balaban J connectivity index is 1.69. The van der Waals surface area contributed by atoms with E-state index in [1.165, 1.54) is 6.92 Å². The fourth-order valence-corrected chi connectivity index (χ4v) is 6.05. The first kappa shape index (κ1) is 21.0. The summed E-state index contributed by atoms with van der Waals surface area (Å²) in [5.41, 5.74) is 0.810. The summed E-state index contributed by atoms with van der Waals surface area (Å²) < 4.78 is 35.0. The molecule has 4 rings (SSSR count). The number of fused-ring (bicyclic) bond motifs is 1. The first-order valence-corrected chi connectivity index (χ1v) is 12.0. The van der Waals surface area contributed by atoms with Crippen LogP contribution >= 0.6 is 0 Å². The van der Waals surface area contributed by atoms with E-state index in [9.17, 15) is 13.2 Å². The molecule has 1 aliphatic carbocycles. The number of carbonyl (C=O) groups excluding carboxylic acids is 1. The number of rotatable bonds is 4. The van der Waals surface area contributed by atoms with Crippen molar-refractivity contribution < 1.29 is 17.7 Å². The van der Waals surface area contributed by atoms with Gasteiger partial charge in [-0.25, -0.2) is 8.42 Å². The van der Waals surface area contributed by atoms with Crippen molar-refractivity contribution in [2.75, 3.05) is 11.4 Å². The van der Waals surface area contributed by atoms with Crippen LogP contribution in [-0.4, -0.2) is 31.0 Å². The Bertz CT molecular complexity index is 1040. The minimum absolute atomic E-state index is 0.0328. The van der Waals surface area contributed by atoms with E-state index >= 15 is 0 Å². The third kappa shape index (κ3) is 4.00. The van der Waals surface area contributed by atoms with Gasteiger partial charge in [-0.15, -0.1) is 0 Å². The van der Waals surface area contributed by atoms with Crippen LogP contribution in [0, 0.1) is 6.92 Å². The molecule has 30 heavy (non-hydrogen) atoms. The number of hydrogen-bond donors (Lipinski definition) is 1. The van der Waals surface area contributed by atoms with Crippen molar-refractivity contribution >= 4 is 21.6 Å². The highest BCUT2D eigenvalue weighted by atomic mass is 32.2. The summed E-state index contributed by atoms with van der Waals surface area (Å²) in [5, 5.41) is 4.07. The summed E-state index contributed by atoms with van der Waals surface area (Å²) in [5.74, 6) is 0.798. The Labute approximate surface area is 177 Å². The Hall–Kier alpha value is -2.26. The molecule has 1 saturated carbocycles. The molecule has 8 nitrogen and oxygen atoms in total. The molecule has 0 atom stereocenters. The maximum absolute atomic E-state index is 13.4. The molecule has 1 fully saturated rings. The lowest BCUT2D eigenvalue weighted by molar-refractivity contribution is -0.116. The van der Waals surface area contributed by atoms with Crippen molar-refractivity contribution in [1.29, 1.82) is 0 Å². The molecule has 1 aliphatic heterocycles. The molecule has 0 bridgehead atoms. The van der Waals surface area contributed by atoms with Crippen molar-refractivity contribution in [2.45, 2.75) is 75.6 Å². The molecular weight excluding hydrogens is 404 g/mol. The summed E-state index contributed by atoms with van der Waals surface area (Å²) in [7, 11) is -3.82. The van der Waals surface area contributed by atoms with Crippen LogP contribution in [-0.2, 0) is 26.8 Å². The number of nitrogens with zero attached hydrogens (tertiary/aromatic N) is 3. The zero-order valence-electron chi connectivity index (χ0n) is 17.5. The highest BCUT2D eigenvalue weighted by Gasteiger charge is 2.41. The number of hydrogen-bond acceptors (Lipinski definition) is 6. The van der Waals surface area contributed by atoms with Crippen LogP contribution in [0.3, 0.4) is 0 Å². The number of aryl methyl sites for hydroxylation is 2. The molecule has 0 unspecified atom stereocenters. The Morgan fingerprint density at radius 2 is 1.90 bits per heavy atom. The molecule has 1 aromatic heterocycles. The van der Waals surface area contributed by atoms with E-state index in [-0.39, 0.29) is 10.8 Å². The third-order valence-corrected chi connectivity index (χ3v) is 7.64. The van der Waals surface area contributed by atoms with Crippen molar-refractivity contribution in [2.24, 2.45) is 0 Å². The van der Waals surface area contributed by atoms with E-state index in [1.54, 1.807) is 30.0 Å². The fourth-order valence-electron chi connectivity index (χ4n) is 4.58. The predicted octanol–water partition coefficient (Wildman–Crippen LogP) is 3.21. The van der Waals surface area contributed by atoms with E-state index in [4.69, 9.17) is 4.52 Å². The van der Waals surface area contributed by atoms with Crippen LogP contribution in [0.25, 0.3) is 0 Å². The van der Waals surface area contributed by atoms with E-state index in [1.807, 2.05) is 0 Å². The lowest BCUT2D eigenvalue weighted by Crippen LogP contribution is -2.46. The van der Waals surface area contributed by atoms with Crippen LogP contribution < -0.4 is 9.62 Å². The van der Waals surface area contributed by atoms with Crippen molar-refractivity contribution in [3.8, 4) is 0 Å². The monoisotopic (exact) mass is 432 g/mol. The van der Waals surface area contributed by atoms with Gasteiger partial charge in [-0.3, -0.25) is 4.79 Å². The summed E-state index contributed by atoms with van der Waals surface area (Å²) in [4.78, 5) is 18.2. The molecule has 9 heteroatoms. The van der Waals surface area contributed by atoms with Gasteiger partial charge in [0.2, 0.25) is 21.8 Å². The van der Waals surface area contributed by atoms with Crippen molar-refractivity contribution in [3.63, 3.8) is 0 Å². The number of nitrogens with one attached hydrogen (secondary N) is 1. The molecule has 0 saturated heterocycles. The van der Waals surface area contributed by atoms with Gasteiger partial charge in [0, 0.05) is 26.1 Å². The minimum Gasteiger partial charge on any atom is -0.340 e. The Kier molecular flexibility index (Phi) is 5.67. The third-order valence-electron chi connectivity index (χ3n) is 6.10. The van der Waals surface area contributed by atoms with E-state index in [0.29, 0.717) is 31.1 Å². The van der Waals surface area contributed by atoms with Crippen LogP contribution in [0.4, 0.5) is 5.69 Å². The average molecular weight is 433 g/mol. The Morgan fingerprint density at radius 1 is 1.17 bits per heavy atom. The first-order valence-electron chi connectivity index (χ1n) is 10.6. The highest BCUT2D eigenvalue weighted by Crippen LogP contribution is 2.37. The van der Waals surface area contributed by atoms with Gasteiger partial charge < -0.3 is 9.42 Å². The molecule has 0 radical (unpaired) electrons. The first-order chi connectivity index (χ1) is 14.3. The molecule has 1 N–H and O–H groups in total. The average Bonchev–Trinajstić information content (AvgIpc) is 3.02. The van der Waals surface area contributed by atoms with Gasteiger partial charge in [-0.2, -0.15) is 9.71 Å². The maximum Gasteiger partial charge on any atom is 0.241 e. The zero-order chi connectivity index (χ0) is 21.4. The second-order valence-electron chi connectivity index (χ2n) is 8.30. The fraction of sp³-hybridized carbons (Fsp3) is 0.571.